The van der Waals surface area contributed by atoms with Gasteiger partial charge in [0.15, 0.2) is 15.8 Å². The second-order valence-corrected chi connectivity index (χ2v) is 11.2. The minimum absolute atomic E-state index is 0.0177. The van der Waals surface area contributed by atoms with Crippen molar-refractivity contribution in [3.05, 3.63) is 29.8 Å². The van der Waals surface area contributed by atoms with Gasteiger partial charge in [-0.25, -0.2) is 8.42 Å². The molecule has 0 amide bonds. The fourth-order valence-corrected chi connectivity index (χ4v) is 5.27. The maximum atomic E-state index is 12.6. The van der Waals surface area contributed by atoms with Crippen molar-refractivity contribution in [3.8, 4) is 0 Å². The average molecular weight is 392 g/mol. The summed E-state index contributed by atoms with van der Waals surface area (Å²) in [6.07, 6.45) is 5.21. The fraction of sp³-hybridized carbons (Fsp3) is 0.667. The van der Waals surface area contributed by atoms with Gasteiger partial charge in [0, 0.05) is 26.7 Å². The van der Waals surface area contributed by atoms with Crippen LogP contribution < -0.4 is 5.32 Å². The molecule has 150 valence electrons. The molecule has 1 aliphatic heterocycles. The van der Waals surface area contributed by atoms with Crippen molar-refractivity contribution in [1.82, 2.24) is 10.2 Å². The minimum Gasteiger partial charge on any atom is -0.355 e. The lowest BCUT2D eigenvalue weighted by atomic mass is 9.68. The van der Waals surface area contributed by atoms with E-state index in [0.717, 1.165) is 24.6 Å². The predicted octanol–water partition coefficient (Wildman–Crippen LogP) is 3.21. The topological polar surface area (TPSA) is 61.8 Å². The summed E-state index contributed by atoms with van der Waals surface area (Å²) < 4.78 is 25.3. The van der Waals surface area contributed by atoms with Crippen LogP contribution in [0.25, 0.3) is 0 Å². The summed E-state index contributed by atoms with van der Waals surface area (Å²) in [5.41, 5.74) is 1.65. The number of hydrogen-bond acceptors (Lipinski definition) is 3. The van der Waals surface area contributed by atoms with E-state index in [9.17, 15) is 8.42 Å². The number of guanidine groups is 1. The molecule has 0 radical (unpaired) electrons. The van der Waals surface area contributed by atoms with Gasteiger partial charge >= 0.3 is 0 Å². The van der Waals surface area contributed by atoms with Gasteiger partial charge < -0.3 is 10.2 Å². The molecule has 3 rings (SSSR count). The highest BCUT2D eigenvalue weighted by atomic mass is 32.2. The van der Waals surface area contributed by atoms with E-state index in [-0.39, 0.29) is 11.2 Å². The maximum Gasteiger partial charge on any atom is 0.193 e. The fourth-order valence-electron chi connectivity index (χ4n) is 4.11. The Morgan fingerprint density at radius 3 is 2.33 bits per heavy atom. The highest BCUT2D eigenvalue weighted by molar-refractivity contribution is 7.91. The first-order valence-corrected chi connectivity index (χ1v) is 11.6. The number of likely N-dealkylation sites (tertiary alicyclic amines) is 1. The van der Waals surface area contributed by atoms with Crippen molar-refractivity contribution in [3.63, 3.8) is 0 Å². The van der Waals surface area contributed by atoms with Crippen molar-refractivity contribution in [2.75, 3.05) is 32.4 Å². The summed E-state index contributed by atoms with van der Waals surface area (Å²) in [5, 5.41) is 3.26. The van der Waals surface area contributed by atoms with Crippen LogP contribution in [0.3, 0.4) is 0 Å². The van der Waals surface area contributed by atoms with Gasteiger partial charge in [-0.05, 0) is 47.8 Å². The molecule has 1 spiro atoms. The highest BCUT2D eigenvalue weighted by Crippen LogP contribution is 2.47. The molecule has 1 N–H and O–H groups in total. The van der Waals surface area contributed by atoms with Crippen molar-refractivity contribution >= 4 is 15.8 Å². The normalized spacial score (nSPS) is 20.0. The predicted molar refractivity (Wildman–Crippen MR) is 111 cm³/mol. The number of sulfone groups is 1. The van der Waals surface area contributed by atoms with Crippen molar-refractivity contribution in [1.29, 1.82) is 0 Å². The minimum atomic E-state index is -3.30. The second kappa shape index (κ2) is 7.46. The summed E-state index contributed by atoms with van der Waals surface area (Å²) in [5.74, 6) is 0.900. The number of nitrogens with one attached hydrogen (secondary N) is 1. The van der Waals surface area contributed by atoms with Crippen LogP contribution in [0.4, 0.5) is 0 Å². The molecular weight excluding hydrogens is 358 g/mol. The highest BCUT2D eigenvalue weighted by Gasteiger charge is 2.43. The summed E-state index contributed by atoms with van der Waals surface area (Å²) in [7, 11) is -1.53. The molecule has 2 fully saturated rings. The average Bonchev–Trinajstić information content (AvgIpc) is 3.04. The van der Waals surface area contributed by atoms with Gasteiger partial charge in [0.25, 0.3) is 0 Å². The lowest BCUT2D eigenvalue weighted by molar-refractivity contribution is 0.151. The van der Waals surface area contributed by atoms with Gasteiger partial charge in [-0.3, -0.25) is 4.99 Å². The molecule has 1 saturated heterocycles. The van der Waals surface area contributed by atoms with Crippen molar-refractivity contribution in [2.45, 2.75) is 56.8 Å². The van der Waals surface area contributed by atoms with Crippen LogP contribution in [0.15, 0.2) is 34.2 Å². The molecule has 2 aliphatic rings. The van der Waals surface area contributed by atoms with Gasteiger partial charge in [0.2, 0.25) is 0 Å². The number of nitrogens with zero attached hydrogens (tertiary/aromatic N) is 2. The zero-order valence-corrected chi connectivity index (χ0v) is 17.9. The second-order valence-electron chi connectivity index (χ2n) is 9.09. The van der Waals surface area contributed by atoms with Gasteiger partial charge in [-0.1, -0.05) is 39.3 Å². The number of benzene rings is 1. The quantitative estimate of drug-likeness (QED) is 0.632. The molecule has 27 heavy (non-hydrogen) atoms. The van der Waals surface area contributed by atoms with E-state index in [1.54, 1.807) is 19.2 Å². The molecule has 0 bridgehead atoms. The summed E-state index contributed by atoms with van der Waals surface area (Å²) in [4.78, 5) is 7.03. The zero-order valence-electron chi connectivity index (χ0n) is 17.1. The van der Waals surface area contributed by atoms with Crippen LogP contribution in [0.1, 0.15) is 52.0 Å². The molecule has 1 heterocycles. The van der Waals surface area contributed by atoms with Crippen LogP contribution in [0.5, 0.6) is 0 Å². The van der Waals surface area contributed by atoms with Crippen LogP contribution in [0.2, 0.25) is 0 Å². The van der Waals surface area contributed by atoms with Crippen LogP contribution >= 0.6 is 0 Å². The first kappa shape index (κ1) is 20.2. The molecule has 1 aromatic rings. The smallest absolute Gasteiger partial charge is 0.193 e. The van der Waals surface area contributed by atoms with E-state index in [1.165, 1.54) is 25.7 Å². The molecule has 6 heteroatoms. The van der Waals surface area contributed by atoms with E-state index >= 15 is 0 Å². The lowest BCUT2D eigenvalue weighted by Crippen LogP contribution is -2.43. The number of rotatable bonds is 4. The largest absolute Gasteiger partial charge is 0.355 e. The number of aliphatic imine (C=N–C) groups is 1. The third kappa shape index (κ3) is 4.48. The van der Waals surface area contributed by atoms with Crippen molar-refractivity contribution in [2.24, 2.45) is 10.4 Å². The molecule has 0 unspecified atom stereocenters. The zero-order chi connectivity index (χ0) is 19.7. The lowest BCUT2D eigenvalue weighted by Gasteiger charge is -2.38. The maximum absolute atomic E-state index is 12.6. The van der Waals surface area contributed by atoms with Crippen molar-refractivity contribution < 1.29 is 8.42 Å². The monoisotopic (exact) mass is 391 g/mol. The van der Waals surface area contributed by atoms with E-state index in [4.69, 9.17) is 0 Å². The standard InChI is InChI=1S/C21H33N3O2S/c1-20(2,3)17-6-8-18(9-7-17)27(25,26)15-13-23-19(22-4)24-14-12-21(16-24)10-5-11-21/h6-9H,5,10-16H2,1-4H3,(H,22,23). The third-order valence-corrected chi connectivity index (χ3v) is 7.83. The van der Waals surface area contributed by atoms with Gasteiger partial charge in [-0.15, -0.1) is 0 Å². The molecule has 1 aromatic carbocycles. The Labute approximate surface area is 164 Å². The summed E-state index contributed by atoms with van der Waals surface area (Å²) in [6, 6.07) is 7.29. The van der Waals surface area contributed by atoms with Crippen LogP contribution in [-0.2, 0) is 15.3 Å². The van der Waals surface area contributed by atoms with Crippen LogP contribution in [-0.4, -0.2) is 51.7 Å². The third-order valence-electron chi connectivity index (χ3n) is 6.10. The first-order valence-electron chi connectivity index (χ1n) is 9.94. The molecule has 0 atom stereocenters. The SMILES string of the molecule is CN=C(NCCS(=O)(=O)c1ccc(C(C)(C)C)cc1)N1CCC2(CCC2)C1. The van der Waals surface area contributed by atoms with Gasteiger partial charge in [0.1, 0.15) is 0 Å². The summed E-state index contributed by atoms with van der Waals surface area (Å²) >= 11 is 0. The molecular formula is C21H33N3O2S. The molecule has 5 nitrogen and oxygen atoms in total. The molecule has 1 saturated carbocycles. The number of hydrogen-bond donors (Lipinski definition) is 1. The summed E-state index contributed by atoms with van der Waals surface area (Å²) in [6.45, 7) is 8.81. The van der Waals surface area contributed by atoms with Gasteiger partial charge in [0.05, 0.1) is 10.6 Å². The Bertz CT molecular complexity index is 788. The van der Waals surface area contributed by atoms with E-state index in [2.05, 4.69) is 36.0 Å². The Balaban J connectivity index is 1.55. The Hall–Kier alpha value is -1.56. The van der Waals surface area contributed by atoms with Crippen LogP contribution in [0, 0.1) is 5.41 Å². The Morgan fingerprint density at radius 2 is 1.85 bits per heavy atom. The molecule has 0 aromatic heterocycles. The van der Waals surface area contributed by atoms with E-state index in [1.807, 2.05) is 12.1 Å². The Morgan fingerprint density at radius 1 is 1.19 bits per heavy atom. The Kier molecular flexibility index (Phi) is 5.57. The van der Waals surface area contributed by atoms with Gasteiger partial charge in [-0.2, -0.15) is 0 Å². The van der Waals surface area contributed by atoms with E-state index in [0.29, 0.717) is 16.9 Å². The van der Waals surface area contributed by atoms with E-state index < -0.39 is 9.84 Å². The first-order chi connectivity index (χ1) is 12.7. The molecule has 1 aliphatic carbocycles.